The van der Waals surface area contributed by atoms with Crippen LogP contribution in [0.5, 0.6) is 0 Å². The molecule has 4 heterocycles. The van der Waals surface area contributed by atoms with Crippen LogP contribution in [-0.2, 0) is 27.8 Å². The van der Waals surface area contributed by atoms with Crippen molar-refractivity contribution in [1.82, 2.24) is 24.2 Å². The summed E-state index contributed by atoms with van der Waals surface area (Å²) in [6, 6.07) is 4.67. The van der Waals surface area contributed by atoms with Gasteiger partial charge >= 0.3 is 25.1 Å². The van der Waals surface area contributed by atoms with Crippen molar-refractivity contribution >= 4 is 19.4 Å². The first-order chi connectivity index (χ1) is 23.2. The number of carbonyl (C=O) groups is 1. The zero-order valence-electron chi connectivity index (χ0n) is 26.3. The van der Waals surface area contributed by atoms with Crippen LogP contribution in [-0.4, -0.2) is 79.8 Å². The zero-order valence-corrected chi connectivity index (χ0v) is 27.2. The predicted molar refractivity (Wildman–Crippen MR) is 166 cm³/mol. The molecule has 2 aliphatic heterocycles. The van der Waals surface area contributed by atoms with E-state index >= 15 is 0 Å². The number of ether oxygens (including phenoxy) is 3. The Morgan fingerprint density at radius 3 is 2.10 bits per heavy atom. The van der Waals surface area contributed by atoms with E-state index in [1.54, 1.807) is 0 Å². The first-order valence-corrected chi connectivity index (χ1v) is 16.4. The number of aromatic amines is 2. The van der Waals surface area contributed by atoms with E-state index in [1.165, 1.54) is 38.4 Å². The standard InChI is InChI=1S/C28H33N6O14P/c1-14-11-32(27(39)30-24(14)36)22-8-18(35)20(46-22)10-29-49(43,44-3)48-19-9-23(33-12-15(2)25(37)31-28(33)40)47-21(19)13-45-26(38)16-4-6-17(7-5-16)34(41)42/h4-7,11-12,18-23,35H,8-10,13H2,1-3H3,(H,29,43)(H,30,36,39)(H,31,37,40)/t18-,19-,20+,21+,22+,23+,49?/m0/s1. The van der Waals surface area contributed by atoms with Gasteiger partial charge in [-0.1, -0.05) is 0 Å². The van der Waals surface area contributed by atoms with Gasteiger partial charge in [-0.25, -0.2) is 24.0 Å². The van der Waals surface area contributed by atoms with E-state index in [0.29, 0.717) is 0 Å². The molecule has 4 N–H and O–H groups in total. The molecule has 1 aromatic carbocycles. The maximum Gasteiger partial charge on any atom is 0.405 e. The van der Waals surface area contributed by atoms with Gasteiger partial charge in [-0.3, -0.25) is 43.3 Å². The molecule has 0 spiro atoms. The molecule has 2 aliphatic rings. The molecular weight excluding hydrogens is 675 g/mol. The molecule has 2 aromatic heterocycles. The fourth-order valence-electron chi connectivity index (χ4n) is 5.29. The van der Waals surface area contributed by atoms with E-state index in [4.69, 9.17) is 23.3 Å². The number of nitro groups is 1. The van der Waals surface area contributed by atoms with Gasteiger partial charge in [0.25, 0.3) is 16.8 Å². The van der Waals surface area contributed by atoms with Crippen LogP contribution < -0.4 is 27.6 Å². The van der Waals surface area contributed by atoms with Crippen LogP contribution in [0.3, 0.4) is 0 Å². The highest BCUT2D eigenvalue weighted by Crippen LogP contribution is 2.48. The summed E-state index contributed by atoms with van der Waals surface area (Å²) in [5, 5.41) is 24.2. The SMILES string of the molecule is COP(=O)(NC[C@H]1O[C@@H](n2cc(C)c(=O)[nH]c2=O)C[C@@H]1O)O[C@H]1C[C@H](n2cc(C)c(=O)[nH]c2=O)O[C@@H]1COC(=O)c1ccc([N+](=O)[O-])cc1. The fraction of sp³-hybridized carbons (Fsp3) is 0.464. The Morgan fingerprint density at radius 1 is 1.00 bits per heavy atom. The quantitative estimate of drug-likeness (QED) is 0.0843. The fourth-order valence-corrected chi connectivity index (χ4v) is 6.56. The third kappa shape index (κ3) is 8.02. The average molecular weight is 709 g/mol. The van der Waals surface area contributed by atoms with Crippen molar-refractivity contribution in [3.8, 4) is 0 Å². The summed E-state index contributed by atoms with van der Waals surface area (Å²) >= 11 is 0. The Morgan fingerprint density at radius 2 is 1.55 bits per heavy atom. The highest BCUT2D eigenvalue weighted by atomic mass is 31.2. The molecule has 7 atom stereocenters. The molecule has 0 bridgehead atoms. The maximum atomic E-state index is 13.8. The molecule has 1 unspecified atom stereocenters. The summed E-state index contributed by atoms with van der Waals surface area (Å²) < 4.78 is 44.2. The zero-order chi connectivity index (χ0) is 35.6. The van der Waals surface area contributed by atoms with E-state index in [0.717, 1.165) is 28.4 Å². The number of aryl methyl sites for hydroxylation is 2. The lowest BCUT2D eigenvalue weighted by Gasteiger charge is -2.25. The number of benzene rings is 1. The second-order valence-electron chi connectivity index (χ2n) is 11.3. The average Bonchev–Trinajstić information content (AvgIpc) is 3.64. The minimum absolute atomic E-state index is 0.00188. The van der Waals surface area contributed by atoms with Gasteiger partial charge in [0.05, 0.1) is 22.7 Å². The maximum absolute atomic E-state index is 13.8. The summed E-state index contributed by atoms with van der Waals surface area (Å²) in [4.78, 5) is 76.0. The molecule has 21 heteroatoms. The number of nitro benzene ring substituents is 1. The summed E-state index contributed by atoms with van der Waals surface area (Å²) in [6.07, 6.45) is -3.98. The number of esters is 1. The monoisotopic (exact) mass is 708 g/mol. The van der Waals surface area contributed by atoms with Crippen molar-refractivity contribution in [2.24, 2.45) is 0 Å². The Labute approximate surface area is 275 Å². The van der Waals surface area contributed by atoms with Gasteiger partial charge in [-0.05, 0) is 26.0 Å². The third-order valence-electron chi connectivity index (χ3n) is 7.99. The molecule has 2 saturated heterocycles. The summed E-state index contributed by atoms with van der Waals surface area (Å²) in [6.45, 7) is 2.22. The normalized spacial score (nSPS) is 24.8. The third-order valence-corrected chi connectivity index (χ3v) is 9.59. The van der Waals surface area contributed by atoms with Gasteiger partial charge in [0.2, 0.25) is 0 Å². The number of hydrogen-bond donors (Lipinski definition) is 4. The second-order valence-corrected chi connectivity index (χ2v) is 13.2. The lowest BCUT2D eigenvalue weighted by molar-refractivity contribution is -0.384. The van der Waals surface area contributed by atoms with Crippen molar-refractivity contribution < 1.29 is 42.6 Å². The molecule has 20 nitrogen and oxygen atoms in total. The largest absolute Gasteiger partial charge is 0.459 e. The summed E-state index contributed by atoms with van der Waals surface area (Å²) in [5.74, 6) is -0.857. The molecule has 0 radical (unpaired) electrons. The van der Waals surface area contributed by atoms with E-state index in [1.807, 2.05) is 0 Å². The van der Waals surface area contributed by atoms with Gasteiger partial charge in [-0.15, -0.1) is 0 Å². The van der Waals surface area contributed by atoms with Crippen molar-refractivity contribution in [3.63, 3.8) is 0 Å². The van der Waals surface area contributed by atoms with Gasteiger partial charge in [0.1, 0.15) is 31.3 Å². The van der Waals surface area contributed by atoms with Gasteiger partial charge in [0.15, 0.2) is 0 Å². The topological polar surface area (TPSA) is 265 Å². The molecule has 0 saturated carbocycles. The van der Waals surface area contributed by atoms with Crippen LogP contribution in [0.15, 0.2) is 55.8 Å². The summed E-state index contributed by atoms with van der Waals surface area (Å²) in [5.41, 5.74) is -2.48. The van der Waals surface area contributed by atoms with Crippen molar-refractivity contribution in [3.05, 3.63) is 105 Å². The molecule has 0 aliphatic carbocycles. The minimum Gasteiger partial charge on any atom is -0.459 e. The van der Waals surface area contributed by atoms with Gasteiger partial charge in [0, 0.05) is 62.1 Å². The number of non-ortho nitro benzene ring substituents is 1. The first-order valence-electron chi connectivity index (χ1n) is 14.8. The van der Waals surface area contributed by atoms with Crippen molar-refractivity contribution in [2.45, 2.75) is 63.6 Å². The highest BCUT2D eigenvalue weighted by Gasteiger charge is 2.44. The molecule has 49 heavy (non-hydrogen) atoms. The van der Waals surface area contributed by atoms with Crippen LogP contribution in [0.1, 0.15) is 46.8 Å². The Balaban J connectivity index is 1.30. The van der Waals surface area contributed by atoms with Crippen molar-refractivity contribution in [2.75, 3.05) is 20.3 Å². The lowest BCUT2D eigenvalue weighted by atomic mass is 10.2. The lowest BCUT2D eigenvalue weighted by Crippen LogP contribution is -2.36. The van der Waals surface area contributed by atoms with E-state index in [9.17, 15) is 43.8 Å². The van der Waals surface area contributed by atoms with Crippen LogP contribution in [0, 0.1) is 24.0 Å². The van der Waals surface area contributed by atoms with Crippen LogP contribution in [0.2, 0.25) is 0 Å². The predicted octanol–water partition coefficient (Wildman–Crippen LogP) is 0.134. The Bertz CT molecular complexity index is 2010. The Kier molecular flexibility index (Phi) is 10.6. The number of carbonyl (C=O) groups excluding carboxylic acids is 1. The van der Waals surface area contributed by atoms with Crippen LogP contribution in [0.4, 0.5) is 5.69 Å². The molecule has 3 aromatic rings. The number of H-pyrrole nitrogens is 2. The smallest absolute Gasteiger partial charge is 0.405 e. The number of hydrogen-bond acceptors (Lipinski definition) is 14. The first kappa shape index (κ1) is 35.7. The molecule has 2 fully saturated rings. The van der Waals surface area contributed by atoms with Crippen LogP contribution in [0.25, 0.3) is 0 Å². The molecular formula is C28H33N6O14P. The van der Waals surface area contributed by atoms with Gasteiger partial charge < -0.3 is 23.8 Å². The summed E-state index contributed by atoms with van der Waals surface area (Å²) in [7, 11) is -3.14. The highest BCUT2D eigenvalue weighted by molar-refractivity contribution is 7.51. The van der Waals surface area contributed by atoms with Crippen LogP contribution >= 0.6 is 7.75 Å². The van der Waals surface area contributed by atoms with E-state index in [2.05, 4.69) is 15.1 Å². The van der Waals surface area contributed by atoms with E-state index in [-0.39, 0.29) is 41.8 Å². The second kappa shape index (κ2) is 14.5. The molecule has 5 rings (SSSR count). The Hall–Kier alpha value is -4.56. The molecule has 0 amide bonds. The number of rotatable bonds is 12. The number of nitrogens with one attached hydrogen (secondary N) is 3. The van der Waals surface area contributed by atoms with Gasteiger partial charge in [-0.2, -0.15) is 0 Å². The van der Waals surface area contributed by atoms with Crippen molar-refractivity contribution in [1.29, 1.82) is 0 Å². The number of aliphatic hydroxyl groups is 1. The molecule has 264 valence electrons. The number of nitrogens with zero attached hydrogens (tertiary/aromatic N) is 3. The minimum atomic E-state index is -4.24. The number of aromatic nitrogens is 4. The number of aliphatic hydroxyl groups excluding tert-OH is 1. The van der Waals surface area contributed by atoms with E-state index < -0.39 is 84.6 Å².